The SMILES string of the molecule is O=C(O)CC1CC(C2CCN(C(=O)Cc3nc4ccccc4[nH]3)CC2)NN1. The highest BCUT2D eigenvalue weighted by Crippen LogP contribution is 2.26. The summed E-state index contributed by atoms with van der Waals surface area (Å²) < 4.78 is 0. The number of H-pyrrole nitrogens is 1. The first kappa shape index (κ1) is 17.9. The highest BCUT2D eigenvalue weighted by molar-refractivity contribution is 5.80. The summed E-state index contributed by atoms with van der Waals surface area (Å²) in [5.74, 6) is 0.503. The second-order valence-electron chi connectivity index (χ2n) is 7.52. The Kier molecular flexibility index (Phi) is 5.09. The molecule has 2 aliphatic heterocycles. The minimum absolute atomic E-state index is 0.0137. The number of amides is 1. The van der Waals surface area contributed by atoms with E-state index in [-0.39, 0.29) is 24.4 Å². The van der Waals surface area contributed by atoms with Gasteiger partial charge in [0.2, 0.25) is 5.91 Å². The minimum Gasteiger partial charge on any atom is -0.481 e. The number of para-hydroxylation sites is 2. The van der Waals surface area contributed by atoms with Crippen LogP contribution < -0.4 is 10.9 Å². The van der Waals surface area contributed by atoms with Gasteiger partial charge in [-0.3, -0.25) is 20.4 Å². The molecule has 2 fully saturated rings. The van der Waals surface area contributed by atoms with E-state index >= 15 is 0 Å². The first-order valence-electron chi connectivity index (χ1n) is 9.53. The molecule has 2 aromatic rings. The molecule has 8 nitrogen and oxygen atoms in total. The van der Waals surface area contributed by atoms with E-state index < -0.39 is 5.97 Å². The zero-order chi connectivity index (χ0) is 18.8. The number of imidazole rings is 1. The number of nitrogens with zero attached hydrogens (tertiary/aromatic N) is 2. The molecule has 3 heterocycles. The number of aromatic amines is 1. The van der Waals surface area contributed by atoms with Crippen molar-refractivity contribution in [2.45, 2.75) is 44.2 Å². The fourth-order valence-corrected chi connectivity index (χ4v) is 4.20. The van der Waals surface area contributed by atoms with Crippen LogP contribution in [0.3, 0.4) is 0 Å². The maximum absolute atomic E-state index is 12.6. The first-order valence-corrected chi connectivity index (χ1v) is 9.53. The average Bonchev–Trinajstić information content (AvgIpc) is 3.27. The van der Waals surface area contributed by atoms with E-state index in [4.69, 9.17) is 5.11 Å². The third-order valence-electron chi connectivity index (χ3n) is 5.65. The molecular weight excluding hydrogens is 346 g/mol. The van der Waals surface area contributed by atoms with E-state index in [2.05, 4.69) is 20.8 Å². The number of likely N-dealkylation sites (tertiary alicyclic amines) is 1. The van der Waals surface area contributed by atoms with Gasteiger partial charge in [-0.15, -0.1) is 0 Å². The predicted molar refractivity (Wildman–Crippen MR) is 99.8 cm³/mol. The topological polar surface area (TPSA) is 110 Å². The lowest BCUT2D eigenvalue weighted by Gasteiger charge is -2.34. The molecule has 1 amide bonds. The lowest BCUT2D eigenvalue weighted by atomic mass is 9.87. The molecule has 4 rings (SSSR count). The number of aromatic nitrogens is 2. The smallest absolute Gasteiger partial charge is 0.304 e. The van der Waals surface area contributed by atoms with Gasteiger partial charge >= 0.3 is 5.97 Å². The molecule has 1 aromatic carbocycles. The van der Waals surface area contributed by atoms with Crippen molar-refractivity contribution in [3.63, 3.8) is 0 Å². The van der Waals surface area contributed by atoms with Gasteiger partial charge in [-0.1, -0.05) is 12.1 Å². The number of fused-ring (bicyclic) bond motifs is 1. The van der Waals surface area contributed by atoms with Crippen molar-refractivity contribution in [1.82, 2.24) is 25.7 Å². The highest BCUT2D eigenvalue weighted by Gasteiger charge is 2.34. The van der Waals surface area contributed by atoms with Crippen LogP contribution in [-0.4, -0.2) is 57.0 Å². The van der Waals surface area contributed by atoms with E-state index in [1.807, 2.05) is 29.2 Å². The number of benzene rings is 1. The van der Waals surface area contributed by atoms with Gasteiger partial charge in [0, 0.05) is 25.2 Å². The molecule has 0 saturated carbocycles. The molecule has 2 aliphatic rings. The van der Waals surface area contributed by atoms with Gasteiger partial charge in [-0.05, 0) is 37.3 Å². The maximum atomic E-state index is 12.6. The number of carbonyl (C=O) groups excluding carboxylic acids is 1. The van der Waals surface area contributed by atoms with Crippen LogP contribution in [0.5, 0.6) is 0 Å². The minimum atomic E-state index is -0.777. The van der Waals surface area contributed by atoms with E-state index in [1.54, 1.807) is 0 Å². The van der Waals surface area contributed by atoms with Crippen LogP contribution in [0.4, 0.5) is 0 Å². The molecule has 0 radical (unpaired) electrons. The van der Waals surface area contributed by atoms with E-state index in [9.17, 15) is 9.59 Å². The van der Waals surface area contributed by atoms with Crippen molar-refractivity contribution in [2.75, 3.05) is 13.1 Å². The van der Waals surface area contributed by atoms with Gasteiger partial charge in [0.1, 0.15) is 5.82 Å². The van der Waals surface area contributed by atoms with E-state index in [0.29, 0.717) is 18.2 Å². The van der Waals surface area contributed by atoms with Crippen LogP contribution in [0.15, 0.2) is 24.3 Å². The number of nitrogens with one attached hydrogen (secondary N) is 3. The standard InChI is InChI=1S/C19H25N5O3/c25-18(11-17-20-14-3-1-2-4-15(14)21-17)24-7-5-12(6-8-24)16-9-13(22-23-16)10-19(26)27/h1-4,12-13,16,22-23H,5-11H2,(H,20,21)(H,26,27). The Morgan fingerprint density at radius 1 is 1.19 bits per heavy atom. The van der Waals surface area contributed by atoms with Crippen molar-refractivity contribution in [3.8, 4) is 0 Å². The Labute approximate surface area is 157 Å². The summed E-state index contributed by atoms with van der Waals surface area (Å²) >= 11 is 0. The van der Waals surface area contributed by atoms with Gasteiger partial charge in [-0.2, -0.15) is 0 Å². The molecule has 0 aliphatic carbocycles. The average molecular weight is 371 g/mol. The van der Waals surface area contributed by atoms with E-state index in [0.717, 1.165) is 43.4 Å². The Balaban J connectivity index is 1.27. The summed E-state index contributed by atoms with van der Waals surface area (Å²) in [5, 5.41) is 8.91. The molecule has 1 aromatic heterocycles. The van der Waals surface area contributed by atoms with Crippen molar-refractivity contribution in [2.24, 2.45) is 5.92 Å². The third kappa shape index (κ3) is 4.12. The van der Waals surface area contributed by atoms with Gasteiger partial charge < -0.3 is 15.0 Å². The molecule has 2 unspecified atom stereocenters. The van der Waals surface area contributed by atoms with Crippen molar-refractivity contribution >= 4 is 22.9 Å². The molecule has 0 spiro atoms. The summed E-state index contributed by atoms with van der Waals surface area (Å²) in [6, 6.07) is 8.05. The highest BCUT2D eigenvalue weighted by atomic mass is 16.4. The summed E-state index contributed by atoms with van der Waals surface area (Å²) in [4.78, 5) is 33.1. The van der Waals surface area contributed by atoms with Gasteiger partial charge in [0.15, 0.2) is 0 Å². The summed E-state index contributed by atoms with van der Waals surface area (Å²) in [5.41, 5.74) is 8.18. The zero-order valence-corrected chi connectivity index (χ0v) is 15.1. The van der Waals surface area contributed by atoms with Crippen LogP contribution in [0.25, 0.3) is 11.0 Å². The van der Waals surface area contributed by atoms with Gasteiger partial charge in [0.25, 0.3) is 0 Å². The summed E-state index contributed by atoms with van der Waals surface area (Å²) in [6.07, 6.45) is 3.13. The Bertz CT molecular complexity index is 795. The number of rotatable bonds is 5. The third-order valence-corrected chi connectivity index (χ3v) is 5.65. The largest absolute Gasteiger partial charge is 0.481 e. The van der Waals surface area contributed by atoms with Crippen LogP contribution in [0.2, 0.25) is 0 Å². The number of aliphatic carboxylic acids is 1. The first-order chi connectivity index (χ1) is 13.1. The Hall–Kier alpha value is -2.45. The normalized spacial score (nSPS) is 23.8. The second kappa shape index (κ2) is 7.66. The second-order valence-corrected chi connectivity index (χ2v) is 7.52. The predicted octanol–water partition coefficient (Wildman–Crippen LogP) is 1.05. The molecule has 2 atom stereocenters. The fourth-order valence-electron chi connectivity index (χ4n) is 4.20. The van der Waals surface area contributed by atoms with E-state index in [1.165, 1.54) is 0 Å². The number of piperidine rings is 1. The lowest BCUT2D eigenvalue weighted by Crippen LogP contribution is -2.45. The van der Waals surface area contributed by atoms with Crippen LogP contribution in [0.1, 0.15) is 31.5 Å². The van der Waals surface area contributed by atoms with Crippen molar-refractivity contribution in [1.29, 1.82) is 0 Å². The molecule has 8 heteroatoms. The number of carboxylic acid groups (broad SMARTS) is 1. The number of carbonyl (C=O) groups is 2. The molecule has 144 valence electrons. The zero-order valence-electron chi connectivity index (χ0n) is 15.1. The fraction of sp³-hybridized carbons (Fsp3) is 0.526. The summed E-state index contributed by atoms with van der Waals surface area (Å²) in [7, 11) is 0. The number of hydrogen-bond donors (Lipinski definition) is 4. The quantitative estimate of drug-likeness (QED) is 0.625. The molecule has 0 bridgehead atoms. The number of carboxylic acids is 1. The van der Waals surface area contributed by atoms with Crippen LogP contribution in [0, 0.1) is 5.92 Å². The molecule has 4 N–H and O–H groups in total. The van der Waals surface area contributed by atoms with Crippen molar-refractivity contribution in [3.05, 3.63) is 30.1 Å². The van der Waals surface area contributed by atoms with Crippen LogP contribution in [-0.2, 0) is 16.0 Å². The van der Waals surface area contributed by atoms with Crippen molar-refractivity contribution < 1.29 is 14.7 Å². The Morgan fingerprint density at radius 3 is 2.70 bits per heavy atom. The molecular formula is C19H25N5O3. The Morgan fingerprint density at radius 2 is 1.96 bits per heavy atom. The van der Waals surface area contributed by atoms with Gasteiger partial charge in [-0.25, -0.2) is 4.98 Å². The number of hydrogen-bond acceptors (Lipinski definition) is 5. The number of hydrazine groups is 1. The molecule has 2 saturated heterocycles. The summed E-state index contributed by atoms with van der Waals surface area (Å²) in [6.45, 7) is 1.48. The molecule has 27 heavy (non-hydrogen) atoms. The monoisotopic (exact) mass is 371 g/mol. The lowest BCUT2D eigenvalue weighted by molar-refractivity contribution is -0.137. The van der Waals surface area contributed by atoms with Crippen LogP contribution >= 0.6 is 0 Å². The van der Waals surface area contributed by atoms with Gasteiger partial charge in [0.05, 0.1) is 23.9 Å². The maximum Gasteiger partial charge on any atom is 0.304 e.